The van der Waals surface area contributed by atoms with Crippen LogP contribution in [0.2, 0.25) is 0 Å². The molecule has 6 nitrogen and oxygen atoms in total. The van der Waals surface area contributed by atoms with Gasteiger partial charge in [-0.1, -0.05) is 0 Å². The van der Waals surface area contributed by atoms with E-state index in [1.807, 2.05) is 18.2 Å². The molecular weight excluding hydrogens is 299 g/mol. The summed E-state index contributed by atoms with van der Waals surface area (Å²) in [6, 6.07) is 5.56. The van der Waals surface area contributed by atoms with E-state index in [9.17, 15) is 4.79 Å². The van der Waals surface area contributed by atoms with E-state index < -0.39 is 0 Å². The number of rotatable bonds is 5. The maximum absolute atomic E-state index is 11.8. The van der Waals surface area contributed by atoms with Crippen molar-refractivity contribution in [2.75, 3.05) is 19.0 Å². The SMILES string of the molecule is COC(CN)CC(=O)Nc1cccc2c1N=[Se]=N2. The molecule has 1 amide bonds. The molecule has 7 heteroatoms. The molecule has 3 N–H and O–H groups in total. The van der Waals surface area contributed by atoms with Crippen molar-refractivity contribution in [2.45, 2.75) is 12.5 Å². The van der Waals surface area contributed by atoms with Gasteiger partial charge in [-0.15, -0.1) is 0 Å². The van der Waals surface area contributed by atoms with Crippen molar-refractivity contribution in [3.05, 3.63) is 18.2 Å². The summed E-state index contributed by atoms with van der Waals surface area (Å²) < 4.78 is 13.6. The average Bonchev–Trinajstić information content (AvgIpc) is 2.85. The topological polar surface area (TPSA) is 89.1 Å². The number of nitrogens with zero attached hydrogens (tertiary/aromatic N) is 2. The van der Waals surface area contributed by atoms with Crippen LogP contribution >= 0.6 is 0 Å². The van der Waals surface area contributed by atoms with Gasteiger partial charge in [0.1, 0.15) is 0 Å². The molecule has 0 saturated carbocycles. The number of benzene rings is 1. The van der Waals surface area contributed by atoms with E-state index in [1.54, 1.807) is 7.11 Å². The first-order chi connectivity index (χ1) is 8.74. The van der Waals surface area contributed by atoms with Crippen molar-refractivity contribution in [3.63, 3.8) is 0 Å². The molecule has 1 aliphatic heterocycles. The number of hydrogen-bond acceptors (Lipinski definition) is 5. The van der Waals surface area contributed by atoms with Gasteiger partial charge in [-0.25, -0.2) is 0 Å². The number of hydrogen-bond donors (Lipinski definition) is 2. The van der Waals surface area contributed by atoms with E-state index in [0.717, 1.165) is 11.4 Å². The zero-order valence-corrected chi connectivity index (χ0v) is 11.6. The van der Waals surface area contributed by atoms with E-state index in [0.29, 0.717) is 12.2 Å². The standard InChI is InChI=1S/C11H14N4O2Se/c1-17-7(6-12)5-10(16)13-8-3-2-4-9-11(8)15-18-14-9/h2-4,7H,5-6,12H2,1H3,(H,13,16). The second kappa shape index (κ2) is 6.06. The molecule has 0 spiro atoms. The van der Waals surface area contributed by atoms with E-state index in [2.05, 4.69) is 13.2 Å². The van der Waals surface area contributed by atoms with E-state index in [-0.39, 0.29) is 33.0 Å². The molecule has 96 valence electrons. The van der Waals surface area contributed by atoms with Gasteiger partial charge >= 0.3 is 110 Å². The Kier molecular flexibility index (Phi) is 4.43. The number of fused-ring (bicyclic) bond motifs is 1. The molecule has 0 bridgehead atoms. The molecule has 0 aliphatic carbocycles. The van der Waals surface area contributed by atoms with Gasteiger partial charge in [0.2, 0.25) is 0 Å². The number of ether oxygens (including phenoxy) is 1. The third kappa shape index (κ3) is 2.94. The quantitative estimate of drug-likeness (QED) is 0.816. The third-order valence-corrected chi connectivity index (χ3v) is 3.71. The summed E-state index contributed by atoms with van der Waals surface area (Å²) in [6.45, 7) is 0.319. The summed E-state index contributed by atoms with van der Waals surface area (Å²) in [5.74, 6) is -0.129. The maximum atomic E-state index is 11.8. The number of anilines is 1. The second-order valence-electron chi connectivity index (χ2n) is 3.78. The number of carbonyl (C=O) groups excluding carboxylic acids is 1. The van der Waals surface area contributed by atoms with Crippen LogP contribution in [-0.4, -0.2) is 40.2 Å². The summed E-state index contributed by atoms with van der Waals surface area (Å²) in [7, 11) is 1.54. The average molecular weight is 313 g/mol. The fourth-order valence-corrected chi connectivity index (χ4v) is 2.73. The zero-order valence-electron chi connectivity index (χ0n) is 9.92. The Bertz CT molecular complexity index is 522. The summed E-state index contributed by atoms with van der Waals surface area (Å²) in [4.78, 5) is 11.8. The molecule has 1 heterocycles. The molecule has 1 unspecified atom stereocenters. The molecule has 1 atom stereocenters. The molecule has 2 rings (SSSR count). The van der Waals surface area contributed by atoms with Crippen molar-refractivity contribution in [3.8, 4) is 0 Å². The van der Waals surface area contributed by atoms with E-state index in [4.69, 9.17) is 10.5 Å². The van der Waals surface area contributed by atoms with Crippen molar-refractivity contribution in [1.82, 2.24) is 0 Å². The first-order valence-corrected chi connectivity index (χ1v) is 7.01. The zero-order chi connectivity index (χ0) is 13.0. The van der Waals surface area contributed by atoms with Crippen molar-refractivity contribution >= 4 is 37.5 Å². The van der Waals surface area contributed by atoms with Crippen LogP contribution in [0.1, 0.15) is 6.42 Å². The third-order valence-electron chi connectivity index (χ3n) is 2.57. The Hall–Kier alpha value is -1.27. The first-order valence-electron chi connectivity index (χ1n) is 5.48. The van der Waals surface area contributed by atoms with Gasteiger partial charge in [-0.3, -0.25) is 0 Å². The molecule has 0 fully saturated rings. The summed E-state index contributed by atoms with van der Waals surface area (Å²) >= 11 is -0.102. The Morgan fingerprint density at radius 2 is 2.39 bits per heavy atom. The van der Waals surface area contributed by atoms with Gasteiger partial charge in [0.15, 0.2) is 0 Å². The molecular formula is C11H14N4O2Se. The van der Waals surface area contributed by atoms with Gasteiger partial charge < -0.3 is 0 Å². The fourth-order valence-electron chi connectivity index (χ4n) is 1.58. The Morgan fingerprint density at radius 3 is 3.11 bits per heavy atom. The molecule has 0 saturated heterocycles. The number of nitrogens with one attached hydrogen (secondary N) is 1. The molecule has 1 aromatic carbocycles. The van der Waals surface area contributed by atoms with E-state index in [1.165, 1.54) is 0 Å². The number of carbonyl (C=O) groups is 1. The minimum absolute atomic E-state index is 0.102. The van der Waals surface area contributed by atoms with Gasteiger partial charge in [0.25, 0.3) is 0 Å². The van der Waals surface area contributed by atoms with Crippen molar-refractivity contribution in [2.24, 2.45) is 13.7 Å². The van der Waals surface area contributed by atoms with Gasteiger partial charge in [0, 0.05) is 0 Å². The van der Waals surface area contributed by atoms with Gasteiger partial charge in [-0.2, -0.15) is 0 Å². The second-order valence-corrected chi connectivity index (χ2v) is 4.89. The normalized spacial score (nSPS) is 13.9. The fraction of sp³-hybridized carbons (Fsp3) is 0.364. The molecule has 1 aromatic rings. The monoisotopic (exact) mass is 314 g/mol. The Morgan fingerprint density at radius 1 is 1.56 bits per heavy atom. The minimum atomic E-state index is -0.257. The summed E-state index contributed by atoms with van der Waals surface area (Å²) in [5, 5.41) is 2.82. The van der Waals surface area contributed by atoms with Crippen LogP contribution in [-0.2, 0) is 9.53 Å². The van der Waals surface area contributed by atoms with Crippen molar-refractivity contribution in [1.29, 1.82) is 0 Å². The predicted molar refractivity (Wildman–Crippen MR) is 69.5 cm³/mol. The van der Waals surface area contributed by atoms with Crippen molar-refractivity contribution < 1.29 is 9.53 Å². The first kappa shape index (κ1) is 13.2. The van der Waals surface area contributed by atoms with Gasteiger partial charge in [0.05, 0.1) is 0 Å². The Labute approximate surface area is 111 Å². The van der Waals surface area contributed by atoms with Crippen LogP contribution in [0.3, 0.4) is 0 Å². The number of amides is 1. The van der Waals surface area contributed by atoms with Crippen LogP contribution in [0.15, 0.2) is 26.1 Å². The molecule has 0 radical (unpaired) electrons. The van der Waals surface area contributed by atoms with Gasteiger partial charge in [-0.05, 0) is 0 Å². The van der Waals surface area contributed by atoms with Crippen LogP contribution in [0.5, 0.6) is 0 Å². The number of methoxy groups -OCH3 is 1. The van der Waals surface area contributed by atoms with Crippen LogP contribution in [0.4, 0.5) is 17.1 Å². The molecule has 1 aliphatic rings. The molecule has 18 heavy (non-hydrogen) atoms. The number of nitrogens with two attached hydrogens (primary N) is 1. The predicted octanol–water partition coefficient (Wildman–Crippen LogP) is 1.34. The summed E-state index contributed by atoms with van der Waals surface area (Å²) in [5.41, 5.74) is 7.79. The van der Waals surface area contributed by atoms with Crippen LogP contribution in [0.25, 0.3) is 0 Å². The summed E-state index contributed by atoms with van der Waals surface area (Å²) in [6.07, 6.45) is -0.0218. The van der Waals surface area contributed by atoms with Crippen LogP contribution in [0, 0.1) is 0 Å². The van der Waals surface area contributed by atoms with E-state index >= 15 is 0 Å². The van der Waals surface area contributed by atoms with Crippen LogP contribution < -0.4 is 11.1 Å². The molecule has 0 aromatic heterocycles. The Balaban J connectivity index is 2.05.